The van der Waals surface area contributed by atoms with E-state index in [2.05, 4.69) is 34.6 Å². The van der Waals surface area contributed by atoms with Crippen molar-refractivity contribution in [2.45, 2.75) is 52.5 Å². The van der Waals surface area contributed by atoms with Gasteiger partial charge in [-0.3, -0.25) is 4.79 Å². The minimum Gasteiger partial charge on any atom is -0.359 e. The highest BCUT2D eigenvalue weighted by Gasteiger charge is 2.12. The average molecular weight is 465 g/mol. The Hall–Kier alpha value is -1.32. The monoisotopic (exact) mass is 465 g/mol. The smallest absolute Gasteiger partial charge is 0.223 e. The van der Waals surface area contributed by atoms with Crippen molar-refractivity contribution in [3.63, 3.8) is 0 Å². The van der Waals surface area contributed by atoms with Crippen molar-refractivity contribution in [1.29, 1.82) is 0 Å². The van der Waals surface area contributed by atoms with Crippen LogP contribution in [0.5, 0.6) is 0 Å². The van der Waals surface area contributed by atoms with Crippen molar-refractivity contribution in [3.05, 3.63) is 17.5 Å². The first-order chi connectivity index (χ1) is 11.5. The normalized spacial score (nSPS) is 11.2. The fraction of sp³-hybridized carbons (Fsp3) is 0.706. The van der Waals surface area contributed by atoms with Crippen LogP contribution in [0.15, 0.2) is 15.6 Å². The number of rotatable bonds is 9. The van der Waals surface area contributed by atoms with Crippen LogP contribution < -0.4 is 10.6 Å². The predicted octanol–water partition coefficient (Wildman–Crippen LogP) is 2.73. The molecule has 0 aliphatic rings. The molecule has 7 nitrogen and oxygen atoms in total. The molecule has 25 heavy (non-hydrogen) atoms. The second-order valence-corrected chi connectivity index (χ2v) is 5.89. The molecule has 0 aromatic carbocycles. The van der Waals surface area contributed by atoms with Gasteiger partial charge in [0.15, 0.2) is 11.7 Å². The molecule has 0 saturated heterocycles. The van der Waals surface area contributed by atoms with Crippen LogP contribution in [-0.2, 0) is 11.3 Å². The molecule has 0 spiro atoms. The Labute approximate surface area is 168 Å². The molecular weight excluding hydrogens is 433 g/mol. The van der Waals surface area contributed by atoms with Crippen LogP contribution in [-0.4, -0.2) is 49.1 Å². The third-order valence-corrected chi connectivity index (χ3v) is 3.85. The van der Waals surface area contributed by atoms with Gasteiger partial charge in [-0.25, -0.2) is 4.99 Å². The number of amides is 1. The van der Waals surface area contributed by atoms with Gasteiger partial charge in [-0.2, -0.15) is 0 Å². The predicted molar refractivity (Wildman–Crippen MR) is 111 cm³/mol. The zero-order valence-electron chi connectivity index (χ0n) is 16.0. The Bertz CT molecular complexity index is 527. The van der Waals surface area contributed by atoms with Crippen LogP contribution in [0.3, 0.4) is 0 Å². The molecule has 2 N–H and O–H groups in total. The second-order valence-electron chi connectivity index (χ2n) is 5.89. The number of aromatic nitrogens is 1. The Morgan fingerprint density at radius 2 is 1.96 bits per heavy atom. The summed E-state index contributed by atoms with van der Waals surface area (Å²) < 4.78 is 5.38. The lowest BCUT2D eigenvalue weighted by atomic mass is 9.99. The van der Waals surface area contributed by atoms with E-state index in [-0.39, 0.29) is 29.9 Å². The Morgan fingerprint density at radius 1 is 1.28 bits per heavy atom. The van der Waals surface area contributed by atoms with E-state index in [0.29, 0.717) is 31.4 Å². The molecule has 1 rings (SSSR count). The van der Waals surface area contributed by atoms with Gasteiger partial charge < -0.3 is 20.1 Å². The van der Waals surface area contributed by atoms with E-state index in [0.717, 1.165) is 30.8 Å². The van der Waals surface area contributed by atoms with E-state index in [4.69, 9.17) is 4.52 Å². The van der Waals surface area contributed by atoms with E-state index in [1.54, 1.807) is 19.0 Å². The molecule has 0 atom stereocenters. The number of nitrogens with one attached hydrogen (secondary N) is 2. The quantitative estimate of drug-likeness (QED) is 0.333. The SMILES string of the molecule is CCNC(=NCc1cc(C(CC)CC)no1)NCCC(=O)N(C)C.I. The number of carbonyl (C=O) groups excluding carboxylic acids is 1. The summed E-state index contributed by atoms with van der Waals surface area (Å²) in [7, 11) is 3.51. The topological polar surface area (TPSA) is 82.8 Å². The molecule has 1 aromatic rings. The third-order valence-electron chi connectivity index (χ3n) is 3.85. The van der Waals surface area contributed by atoms with Gasteiger partial charge in [0.2, 0.25) is 5.91 Å². The molecule has 0 unspecified atom stereocenters. The van der Waals surface area contributed by atoms with Gasteiger partial charge in [0.1, 0.15) is 6.54 Å². The molecule has 1 aromatic heterocycles. The van der Waals surface area contributed by atoms with Gasteiger partial charge in [0.05, 0.1) is 5.69 Å². The van der Waals surface area contributed by atoms with Gasteiger partial charge in [-0.15, -0.1) is 24.0 Å². The molecule has 0 aliphatic heterocycles. The van der Waals surface area contributed by atoms with Gasteiger partial charge >= 0.3 is 0 Å². The molecule has 0 radical (unpaired) electrons. The van der Waals surface area contributed by atoms with Gasteiger partial charge in [-0.1, -0.05) is 19.0 Å². The highest BCUT2D eigenvalue weighted by Crippen LogP contribution is 2.22. The molecule has 0 fully saturated rings. The van der Waals surface area contributed by atoms with Gasteiger partial charge in [0.25, 0.3) is 0 Å². The van der Waals surface area contributed by atoms with E-state index < -0.39 is 0 Å². The lowest BCUT2D eigenvalue weighted by Crippen LogP contribution is -2.39. The third kappa shape index (κ3) is 8.55. The van der Waals surface area contributed by atoms with E-state index in [1.165, 1.54) is 0 Å². The number of aliphatic imine (C=N–C) groups is 1. The minimum absolute atomic E-state index is 0. The van der Waals surface area contributed by atoms with Crippen molar-refractivity contribution >= 4 is 35.8 Å². The van der Waals surface area contributed by atoms with Crippen LogP contribution in [0.25, 0.3) is 0 Å². The summed E-state index contributed by atoms with van der Waals surface area (Å²) in [6.45, 7) is 8.03. The Morgan fingerprint density at radius 3 is 2.52 bits per heavy atom. The summed E-state index contributed by atoms with van der Waals surface area (Å²) in [6.07, 6.45) is 2.53. The standard InChI is InChI=1S/C17H31N5O2.HI/c1-6-13(7-2)15-11-14(24-21-15)12-20-17(18-8-3)19-10-9-16(23)22(4)5;/h11,13H,6-10,12H2,1-5H3,(H2,18,19,20);1H. The van der Waals surface area contributed by atoms with Crippen LogP contribution >= 0.6 is 24.0 Å². The van der Waals surface area contributed by atoms with Gasteiger partial charge in [0, 0.05) is 45.6 Å². The van der Waals surface area contributed by atoms with Crippen molar-refractivity contribution in [3.8, 4) is 0 Å². The maximum atomic E-state index is 11.6. The summed E-state index contributed by atoms with van der Waals surface area (Å²) in [6, 6.07) is 1.99. The number of halogens is 1. The molecule has 1 amide bonds. The number of carbonyl (C=O) groups is 1. The number of guanidine groups is 1. The van der Waals surface area contributed by atoms with E-state index in [9.17, 15) is 4.79 Å². The van der Waals surface area contributed by atoms with E-state index >= 15 is 0 Å². The average Bonchev–Trinajstić information content (AvgIpc) is 3.02. The molecule has 8 heteroatoms. The molecule has 0 bridgehead atoms. The maximum absolute atomic E-state index is 11.6. The van der Waals surface area contributed by atoms with E-state index in [1.807, 2.05) is 13.0 Å². The number of nitrogens with zero attached hydrogens (tertiary/aromatic N) is 3. The molecule has 1 heterocycles. The number of hydrogen-bond donors (Lipinski definition) is 2. The Kier molecular flexibility index (Phi) is 12.3. The van der Waals surface area contributed by atoms with Crippen molar-refractivity contribution in [1.82, 2.24) is 20.7 Å². The van der Waals surface area contributed by atoms with Crippen LogP contribution in [0.4, 0.5) is 0 Å². The zero-order valence-corrected chi connectivity index (χ0v) is 18.3. The Balaban J connectivity index is 0.00000576. The molecular formula is C17H32IN5O2. The van der Waals surface area contributed by atoms with Crippen LogP contribution in [0.2, 0.25) is 0 Å². The van der Waals surface area contributed by atoms with Crippen molar-refractivity contribution in [2.24, 2.45) is 4.99 Å². The highest BCUT2D eigenvalue weighted by molar-refractivity contribution is 14.0. The van der Waals surface area contributed by atoms with Crippen LogP contribution in [0.1, 0.15) is 57.4 Å². The lowest BCUT2D eigenvalue weighted by molar-refractivity contribution is -0.128. The first kappa shape index (κ1) is 23.7. The highest BCUT2D eigenvalue weighted by atomic mass is 127. The number of hydrogen-bond acceptors (Lipinski definition) is 4. The summed E-state index contributed by atoms with van der Waals surface area (Å²) in [5, 5.41) is 10.5. The lowest BCUT2D eigenvalue weighted by Gasteiger charge is -2.13. The summed E-state index contributed by atoms with van der Waals surface area (Å²) in [5.41, 5.74) is 1.000. The molecule has 144 valence electrons. The van der Waals surface area contributed by atoms with Crippen LogP contribution in [0, 0.1) is 0 Å². The first-order valence-electron chi connectivity index (χ1n) is 8.69. The van der Waals surface area contributed by atoms with Gasteiger partial charge in [-0.05, 0) is 19.8 Å². The fourth-order valence-corrected chi connectivity index (χ4v) is 2.31. The maximum Gasteiger partial charge on any atom is 0.223 e. The molecule has 0 aliphatic carbocycles. The first-order valence-corrected chi connectivity index (χ1v) is 8.69. The van der Waals surface area contributed by atoms with Crippen molar-refractivity contribution in [2.75, 3.05) is 27.2 Å². The summed E-state index contributed by atoms with van der Waals surface area (Å²) in [5.74, 6) is 1.95. The zero-order chi connectivity index (χ0) is 17.9. The minimum atomic E-state index is 0. The fourth-order valence-electron chi connectivity index (χ4n) is 2.31. The van der Waals surface area contributed by atoms with Crippen molar-refractivity contribution < 1.29 is 9.32 Å². The molecule has 0 saturated carbocycles. The largest absolute Gasteiger partial charge is 0.359 e. The summed E-state index contributed by atoms with van der Waals surface area (Å²) >= 11 is 0. The second kappa shape index (κ2) is 13.0. The summed E-state index contributed by atoms with van der Waals surface area (Å²) in [4.78, 5) is 17.7.